The summed E-state index contributed by atoms with van der Waals surface area (Å²) in [5, 5.41) is 2.94. The molecule has 0 aromatic rings. The van der Waals surface area contributed by atoms with Gasteiger partial charge in [0.25, 0.3) is 0 Å². The zero-order valence-electron chi connectivity index (χ0n) is 12.5. The smallest absolute Gasteiger partial charge is 0.407 e. The molecular formula is C15H23NO4. The van der Waals surface area contributed by atoms with Crippen molar-refractivity contribution in [3.63, 3.8) is 0 Å². The van der Waals surface area contributed by atoms with E-state index in [2.05, 4.69) is 17.5 Å². The van der Waals surface area contributed by atoms with Gasteiger partial charge in [-0.15, -0.1) is 0 Å². The van der Waals surface area contributed by atoms with E-state index in [9.17, 15) is 9.59 Å². The highest BCUT2D eigenvalue weighted by molar-refractivity contribution is 5.68. The number of ether oxygens (including phenoxy) is 2. The molecule has 112 valence electrons. The first-order valence-corrected chi connectivity index (χ1v) is 7.07. The minimum Gasteiger partial charge on any atom is -0.465 e. The Morgan fingerprint density at radius 1 is 1.25 bits per heavy atom. The van der Waals surface area contributed by atoms with Gasteiger partial charge in [-0.25, -0.2) is 4.79 Å². The van der Waals surface area contributed by atoms with Crippen LogP contribution in [0.5, 0.6) is 0 Å². The van der Waals surface area contributed by atoms with Crippen molar-refractivity contribution >= 4 is 12.1 Å². The van der Waals surface area contributed by atoms with Crippen LogP contribution in [0.2, 0.25) is 0 Å². The fourth-order valence-electron chi connectivity index (χ4n) is 3.02. The number of fused-ring (bicyclic) bond motifs is 2. The van der Waals surface area contributed by atoms with Gasteiger partial charge < -0.3 is 14.8 Å². The van der Waals surface area contributed by atoms with Crippen LogP contribution in [0, 0.1) is 17.8 Å². The van der Waals surface area contributed by atoms with Crippen LogP contribution in [0.4, 0.5) is 4.79 Å². The number of allylic oxidation sites excluding steroid dienone is 1. The van der Waals surface area contributed by atoms with Crippen LogP contribution >= 0.6 is 0 Å². The molecule has 0 heterocycles. The Kier molecular flexibility index (Phi) is 4.06. The molecule has 0 aromatic carbocycles. The topological polar surface area (TPSA) is 64.6 Å². The molecule has 2 aliphatic rings. The Balaban J connectivity index is 1.96. The molecule has 0 radical (unpaired) electrons. The molecule has 20 heavy (non-hydrogen) atoms. The number of esters is 1. The maximum absolute atomic E-state index is 11.9. The Labute approximate surface area is 119 Å². The monoisotopic (exact) mass is 281 g/mol. The number of nitrogens with one attached hydrogen (secondary N) is 1. The number of rotatable bonds is 3. The third-order valence-corrected chi connectivity index (χ3v) is 3.78. The number of hydrogen-bond donors (Lipinski definition) is 1. The van der Waals surface area contributed by atoms with Crippen molar-refractivity contribution in [3.05, 3.63) is 12.2 Å². The predicted molar refractivity (Wildman–Crippen MR) is 74.0 cm³/mol. The highest BCUT2D eigenvalue weighted by Crippen LogP contribution is 2.43. The largest absolute Gasteiger partial charge is 0.465 e. The molecule has 0 aliphatic heterocycles. The summed E-state index contributed by atoms with van der Waals surface area (Å²) in [6, 6.07) is -0.0146. The van der Waals surface area contributed by atoms with Gasteiger partial charge in [-0.05, 0) is 39.0 Å². The summed E-state index contributed by atoms with van der Waals surface area (Å²) in [4.78, 5) is 22.9. The summed E-state index contributed by atoms with van der Waals surface area (Å²) >= 11 is 0. The maximum Gasteiger partial charge on any atom is 0.407 e. The van der Waals surface area contributed by atoms with Gasteiger partial charge in [-0.2, -0.15) is 0 Å². The lowest BCUT2D eigenvalue weighted by molar-refractivity contribution is -0.142. The molecule has 1 N–H and O–H groups in total. The summed E-state index contributed by atoms with van der Waals surface area (Å²) in [6.07, 6.45) is 4.89. The molecule has 4 atom stereocenters. The molecule has 1 amide bonds. The summed E-state index contributed by atoms with van der Waals surface area (Å²) < 4.78 is 10.4. The van der Waals surface area contributed by atoms with Gasteiger partial charge >= 0.3 is 12.1 Å². The van der Waals surface area contributed by atoms with Crippen molar-refractivity contribution in [1.82, 2.24) is 5.32 Å². The number of carbonyl (C=O) groups is 2. The highest BCUT2D eigenvalue weighted by atomic mass is 16.6. The van der Waals surface area contributed by atoms with E-state index in [1.807, 2.05) is 20.8 Å². The molecule has 2 bridgehead atoms. The van der Waals surface area contributed by atoms with Crippen LogP contribution in [-0.2, 0) is 14.3 Å². The SMILES string of the molecule is CC(=O)OC[C@@H]1[C@H](NC(=O)OC(C)(C)C)[C@@H]2C=C[C@H]1C2. The Hall–Kier alpha value is -1.52. The van der Waals surface area contributed by atoms with Gasteiger partial charge in [-0.1, -0.05) is 12.2 Å². The van der Waals surface area contributed by atoms with E-state index < -0.39 is 11.7 Å². The summed E-state index contributed by atoms with van der Waals surface area (Å²) in [6.45, 7) is 7.26. The van der Waals surface area contributed by atoms with E-state index in [-0.39, 0.29) is 17.9 Å². The molecule has 1 fully saturated rings. The molecule has 0 aromatic heterocycles. The molecule has 0 spiro atoms. The Morgan fingerprint density at radius 2 is 1.90 bits per heavy atom. The van der Waals surface area contributed by atoms with Crippen molar-refractivity contribution in [3.8, 4) is 0 Å². The Morgan fingerprint density at radius 3 is 2.50 bits per heavy atom. The second-order valence-electron chi connectivity index (χ2n) is 6.59. The van der Waals surface area contributed by atoms with Crippen LogP contribution in [-0.4, -0.2) is 30.3 Å². The van der Waals surface area contributed by atoms with E-state index in [0.29, 0.717) is 18.4 Å². The lowest BCUT2D eigenvalue weighted by Gasteiger charge is -2.29. The van der Waals surface area contributed by atoms with Crippen LogP contribution in [0.25, 0.3) is 0 Å². The second kappa shape index (κ2) is 5.46. The zero-order chi connectivity index (χ0) is 14.9. The van der Waals surface area contributed by atoms with E-state index in [0.717, 1.165) is 6.42 Å². The predicted octanol–water partition coefficient (Wildman–Crippen LogP) is 2.26. The molecule has 5 heteroatoms. The Bertz CT molecular complexity index is 424. The summed E-state index contributed by atoms with van der Waals surface area (Å²) in [5.74, 6) is 0.543. The number of alkyl carbamates (subject to hydrolysis) is 1. The van der Waals surface area contributed by atoms with Gasteiger partial charge in [0, 0.05) is 18.9 Å². The third-order valence-electron chi connectivity index (χ3n) is 3.78. The average molecular weight is 281 g/mol. The van der Waals surface area contributed by atoms with Crippen molar-refractivity contribution in [2.24, 2.45) is 17.8 Å². The highest BCUT2D eigenvalue weighted by Gasteiger charge is 2.46. The van der Waals surface area contributed by atoms with Crippen molar-refractivity contribution in [2.75, 3.05) is 6.61 Å². The summed E-state index contributed by atoms with van der Waals surface area (Å²) in [5.41, 5.74) is -0.511. The third kappa shape index (κ3) is 3.52. The van der Waals surface area contributed by atoms with Gasteiger partial charge in [0.2, 0.25) is 0 Å². The van der Waals surface area contributed by atoms with Gasteiger partial charge in [-0.3, -0.25) is 4.79 Å². The zero-order valence-corrected chi connectivity index (χ0v) is 12.5. The van der Waals surface area contributed by atoms with E-state index in [4.69, 9.17) is 9.47 Å². The van der Waals surface area contributed by atoms with E-state index >= 15 is 0 Å². The fraction of sp³-hybridized carbons (Fsp3) is 0.733. The molecule has 1 saturated carbocycles. The normalized spacial score (nSPS) is 31.2. The molecular weight excluding hydrogens is 258 g/mol. The fourth-order valence-corrected chi connectivity index (χ4v) is 3.02. The number of amides is 1. The number of hydrogen-bond acceptors (Lipinski definition) is 4. The molecule has 2 aliphatic carbocycles. The lowest BCUT2D eigenvalue weighted by Crippen LogP contribution is -2.46. The van der Waals surface area contributed by atoms with E-state index in [1.165, 1.54) is 6.92 Å². The van der Waals surface area contributed by atoms with Crippen LogP contribution < -0.4 is 5.32 Å². The first-order valence-electron chi connectivity index (χ1n) is 7.07. The summed E-state index contributed by atoms with van der Waals surface area (Å²) in [7, 11) is 0. The standard InChI is InChI=1S/C15H23NO4/c1-9(17)19-8-12-10-5-6-11(7-10)13(12)16-14(18)20-15(2,3)4/h5-6,10-13H,7-8H2,1-4H3,(H,16,18)/t10-,11+,12-,13+/m0/s1. The molecule has 5 nitrogen and oxygen atoms in total. The molecule has 0 saturated heterocycles. The van der Waals surface area contributed by atoms with Crippen LogP contribution in [0.3, 0.4) is 0 Å². The van der Waals surface area contributed by atoms with Gasteiger partial charge in [0.05, 0.1) is 6.61 Å². The van der Waals surface area contributed by atoms with Crippen molar-refractivity contribution in [1.29, 1.82) is 0 Å². The first-order chi connectivity index (χ1) is 9.26. The second-order valence-corrected chi connectivity index (χ2v) is 6.59. The lowest BCUT2D eigenvalue weighted by atomic mass is 9.89. The first kappa shape index (κ1) is 14.9. The molecule has 2 rings (SSSR count). The maximum atomic E-state index is 11.9. The van der Waals surface area contributed by atoms with E-state index in [1.54, 1.807) is 0 Å². The quantitative estimate of drug-likeness (QED) is 0.636. The minimum absolute atomic E-state index is 0.0146. The van der Waals surface area contributed by atoms with Crippen LogP contribution in [0.15, 0.2) is 12.2 Å². The van der Waals surface area contributed by atoms with Gasteiger partial charge in [0.1, 0.15) is 5.60 Å². The number of carbonyl (C=O) groups excluding carboxylic acids is 2. The molecule has 0 unspecified atom stereocenters. The minimum atomic E-state index is -0.511. The van der Waals surface area contributed by atoms with Crippen molar-refractivity contribution < 1.29 is 19.1 Å². The van der Waals surface area contributed by atoms with Gasteiger partial charge in [0.15, 0.2) is 0 Å². The van der Waals surface area contributed by atoms with Crippen LogP contribution in [0.1, 0.15) is 34.1 Å². The van der Waals surface area contributed by atoms with Crippen molar-refractivity contribution in [2.45, 2.75) is 45.8 Å². The average Bonchev–Trinajstić information content (AvgIpc) is 2.84.